The summed E-state index contributed by atoms with van der Waals surface area (Å²) < 4.78 is 8.54. The summed E-state index contributed by atoms with van der Waals surface area (Å²) in [5.41, 5.74) is 7.44. The van der Waals surface area contributed by atoms with Gasteiger partial charge in [-0.3, -0.25) is 9.30 Å². The van der Waals surface area contributed by atoms with Crippen LogP contribution < -0.4 is 10.1 Å². The minimum absolute atomic E-state index is 0.473. The minimum atomic E-state index is 0.473. The Morgan fingerprint density at radius 3 is 2.50 bits per heavy atom. The smallest absolute Gasteiger partial charge is 0.259 e. The molecule has 2 aromatic heterocycles. The number of hydrogen-bond acceptors (Lipinski definition) is 5. The minimum Gasteiger partial charge on any atom is -0.475 e. The van der Waals surface area contributed by atoms with Gasteiger partial charge in [0.25, 0.3) is 5.88 Å². The van der Waals surface area contributed by atoms with Crippen LogP contribution in [0.2, 0.25) is 0 Å². The molecule has 2 aromatic carbocycles. The van der Waals surface area contributed by atoms with Gasteiger partial charge in [0.05, 0.1) is 30.3 Å². The lowest BCUT2D eigenvalue weighted by molar-refractivity contribution is 0.171. The van der Waals surface area contributed by atoms with Crippen molar-refractivity contribution < 1.29 is 4.74 Å². The van der Waals surface area contributed by atoms with Gasteiger partial charge in [-0.15, -0.1) is 0 Å². The van der Waals surface area contributed by atoms with Crippen LogP contribution in [0.25, 0.3) is 33.0 Å². The monoisotopic (exact) mass is 478 g/mol. The van der Waals surface area contributed by atoms with Crippen LogP contribution in [-0.2, 0) is 6.54 Å². The number of imidazole rings is 1. The van der Waals surface area contributed by atoms with E-state index in [0.29, 0.717) is 24.1 Å². The molecule has 7 heteroatoms. The number of rotatable bonds is 7. The quantitative estimate of drug-likeness (QED) is 0.374. The third-order valence-corrected chi connectivity index (χ3v) is 7.17. The van der Waals surface area contributed by atoms with Crippen LogP contribution in [0.3, 0.4) is 0 Å². The van der Waals surface area contributed by atoms with Crippen LogP contribution in [-0.4, -0.2) is 52.1 Å². The van der Waals surface area contributed by atoms with Crippen LogP contribution in [0, 0.1) is 19.4 Å². The molecule has 0 aliphatic carbocycles. The van der Waals surface area contributed by atoms with Crippen LogP contribution >= 0.6 is 0 Å². The molecule has 2 fully saturated rings. The fraction of sp³-hybridized carbons (Fsp3) is 0.345. The second-order valence-corrected chi connectivity index (χ2v) is 9.86. The van der Waals surface area contributed by atoms with Gasteiger partial charge < -0.3 is 10.1 Å². The first kappa shape index (κ1) is 22.7. The Labute approximate surface area is 211 Å². The number of aromatic nitrogens is 3. The number of hydrogen-bond donors (Lipinski definition) is 1. The summed E-state index contributed by atoms with van der Waals surface area (Å²) in [5.74, 6) is 1.04. The molecule has 2 aliphatic rings. The standard InChI is InChI=1S/C29H30N6O/c1-20-4-6-23(7-5-20)27-26(22-8-10-24(30-2)11-9-22)33-29(36-19-21-12-13-31-16-21)28-32-25(18-35(27)28)17-34-14-3-15-34/h4-11,18,21,31H,3,12-17,19H2,1H3/t21-/m1/s1. The number of benzene rings is 2. The van der Waals surface area contributed by atoms with Gasteiger partial charge in [-0.25, -0.2) is 14.8 Å². The largest absolute Gasteiger partial charge is 0.475 e. The van der Waals surface area contributed by atoms with Gasteiger partial charge in [0, 0.05) is 30.8 Å². The molecule has 2 saturated heterocycles. The highest BCUT2D eigenvalue weighted by Crippen LogP contribution is 2.36. The summed E-state index contributed by atoms with van der Waals surface area (Å²) in [6.07, 6.45) is 4.50. The molecule has 0 radical (unpaired) electrons. The lowest BCUT2D eigenvalue weighted by Crippen LogP contribution is -2.36. The molecule has 4 heterocycles. The van der Waals surface area contributed by atoms with E-state index in [1.54, 1.807) is 0 Å². The molecule has 0 unspecified atom stereocenters. The molecule has 6 rings (SSSR count). The summed E-state index contributed by atoms with van der Waals surface area (Å²) >= 11 is 0. The molecule has 0 saturated carbocycles. The van der Waals surface area contributed by atoms with Crippen LogP contribution in [0.1, 0.15) is 24.1 Å². The number of nitrogens with zero attached hydrogens (tertiary/aromatic N) is 5. The zero-order chi connectivity index (χ0) is 24.5. The molecular weight excluding hydrogens is 448 g/mol. The number of nitrogens with one attached hydrogen (secondary N) is 1. The van der Waals surface area contributed by atoms with Crippen molar-refractivity contribution in [2.24, 2.45) is 5.92 Å². The van der Waals surface area contributed by atoms with E-state index in [-0.39, 0.29) is 0 Å². The summed E-state index contributed by atoms with van der Waals surface area (Å²) in [5, 5.41) is 3.42. The second-order valence-electron chi connectivity index (χ2n) is 9.86. The lowest BCUT2D eigenvalue weighted by atomic mass is 10.0. The summed E-state index contributed by atoms with van der Waals surface area (Å²) in [4.78, 5) is 16.1. The van der Waals surface area contributed by atoms with Gasteiger partial charge in [-0.05, 0) is 45.0 Å². The maximum atomic E-state index is 7.34. The fourth-order valence-electron chi connectivity index (χ4n) is 4.95. The highest BCUT2D eigenvalue weighted by atomic mass is 16.5. The van der Waals surface area contributed by atoms with Crippen molar-refractivity contribution >= 4 is 11.3 Å². The zero-order valence-corrected chi connectivity index (χ0v) is 20.6. The first-order valence-electron chi connectivity index (χ1n) is 12.7. The van der Waals surface area contributed by atoms with Crippen molar-refractivity contribution in [2.75, 3.05) is 32.8 Å². The predicted molar refractivity (Wildman–Crippen MR) is 141 cm³/mol. The van der Waals surface area contributed by atoms with Gasteiger partial charge in [0.15, 0.2) is 5.69 Å². The van der Waals surface area contributed by atoms with Gasteiger partial charge in [-0.2, -0.15) is 0 Å². The highest BCUT2D eigenvalue weighted by molar-refractivity contribution is 5.82. The highest BCUT2D eigenvalue weighted by Gasteiger charge is 2.23. The van der Waals surface area contributed by atoms with Crippen molar-refractivity contribution in [3.8, 4) is 28.4 Å². The van der Waals surface area contributed by atoms with Gasteiger partial charge in [0.1, 0.15) is 0 Å². The third-order valence-electron chi connectivity index (χ3n) is 7.17. The average Bonchev–Trinajstić information content (AvgIpc) is 3.55. The Balaban J connectivity index is 1.53. The van der Waals surface area contributed by atoms with Crippen molar-refractivity contribution in [1.82, 2.24) is 24.6 Å². The van der Waals surface area contributed by atoms with E-state index < -0.39 is 0 Å². The Morgan fingerprint density at radius 1 is 1.06 bits per heavy atom. The lowest BCUT2D eigenvalue weighted by Gasteiger charge is -2.29. The van der Waals surface area contributed by atoms with E-state index in [4.69, 9.17) is 21.3 Å². The molecule has 1 atom stereocenters. The number of ether oxygens (including phenoxy) is 1. The Kier molecular flexibility index (Phi) is 6.14. The normalized spacial score (nSPS) is 17.7. The van der Waals surface area contributed by atoms with E-state index >= 15 is 0 Å². The molecule has 1 N–H and O–H groups in total. The first-order valence-corrected chi connectivity index (χ1v) is 12.7. The van der Waals surface area contributed by atoms with Crippen molar-refractivity contribution in [3.63, 3.8) is 0 Å². The fourth-order valence-corrected chi connectivity index (χ4v) is 4.95. The van der Waals surface area contributed by atoms with E-state index in [0.717, 1.165) is 73.0 Å². The average molecular weight is 479 g/mol. The van der Waals surface area contributed by atoms with E-state index in [2.05, 4.69) is 56.8 Å². The number of fused-ring (bicyclic) bond motifs is 1. The number of aryl methyl sites for hydroxylation is 1. The Hall–Kier alpha value is -3.73. The van der Waals surface area contributed by atoms with Crippen LogP contribution in [0.5, 0.6) is 5.88 Å². The van der Waals surface area contributed by atoms with Crippen molar-refractivity contribution in [2.45, 2.75) is 26.3 Å². The maximum absolute atomic E-state index is 7.34. The summed E-state index contributed by atoms with van der Waals surface area (Å²) in [6, 6.07) is 16.2. The van der Waals surface area contributed by atoms with E-state index in [9.17, 15) is 0 Å². The molecule has 36 heavy (non-hydrogen) atoms. The SMILES string of the molecule is [C-]#[N+]c1ccc(-c2nc(OC[C@@H]3CCNC3)c3nc(CN4CCC4)cn3c2-c2ccc(C)cc2)cc1. The third kappa shape index (κ3) is 4.46. The molecule has 0 spiro atoms. The molecule has 0 bridgehead atoms. The van der Waals surface area contributed by atoms with E-state index in [1.165, 1.54) is 12.0 Å². The zero-order valence-electron chi connectivity index (χ0n) is 20.6. The molecule has 7 nitrogen and oxygen atoms in total. The molecular formula is C29H30N6O. The van der Waals surface area contributed by atoms with Gasteiger partial charge in [0.2, 0.25) is 5.65 Å². The Bertz CT molecular complexity index is 1410. The molecule has 4 aromatic rings. The molecule has 0 amide bonds. The topological polar surface area (TPSA) is 59.0 Å². The van der Waals surface area contributed by atoms with Crippen LogP contribution in [0.4, 0.5) is 5.69 Å². The predicted octanol–water partition coefficient (Wildman–Crippen LogP) is 5.12. The number of likely N-dealkylation sites (tertiary alicyclic amines) is 1. The van der Waals surface area contributed by atoms with Gasteiger partial charge in [-0.1, -0.05) is 54.1 Å². The first-order chi connectivity index (χ1) is 17.7. The molecule has 2 aliphatic heterocycles. The summed E-state index contributed by atoms with van der Waals surface area (Å²) in [6.45, 7) is 15.1. The second kappa shape index (κ2) is 9.73. The summed E-state index contributed by atoms with van der Waals surface area (Å²) in [7, 11) is 0. The van der Waals surface area contributed by atoms with Crippen molar-refractivity contribution in [1.29, 1.82) is 0 Å². The van der Waals surface area contributed by atoms with E-state index in [1.807, 2.05) is 24.3 Å². The van der Waals surface area contributed by atoms with Crippen LogP contribution in [0.15, 0.2) is 54.7 Å². The van der Waals surface area contributed by atoms with Gasteiger partial charge >= 0.3 is 0 Å². The van der Waals surface area contributed by atoms with Crippen molar-refractivity contribution in [3.05, 3.63) is 77.4 Å². The molecule has 182 valence electrons. The Morgan fingerprint density at radius 2 is 1.83 bits per heavy atom. The maximum Gasteiger partial charge on any atom is 0.259 e.